The average molecular weight is 456 g/mol. The molecule has 0 spiro atoms. The Morgan fingerprint density at radius 2 is 1.64 bits per heavy atom. The molecule has 0 unspecified atom stereocenters. The molecule has 2 aliphatic rings. The molecule has 2 aromatic carbocycles. The number of carbonyl (C=O) groups excluding carboxylic acids is 2. The number of amides is 2. The van der Waals surface area contributed by atoms with Crippen molar-refractivity contribution in [1.29, 1.82) is 0 Å². The Labute approximate surface area is 198 Å². The van der Waals surface area contributed by atoms with Crippen molar-refractivity contribution in [2.75, 3.05) is 19.6 Å². The predicted octanol–water partition coefficient (Wildman–Crippen LogP) is 4.10. The van der Waals surface area contributed by atoms with Gasteiger partial charge in [0.05, 0.1) is 5.01 Å². The van der Waals surface area contributed by atoms with Gasteiger partial charge in [-0.05, 0) is 42.5 Å². The standard InChI is InChI=1S/C27H25N3O2S/c31-25(11-10-20-6-2-1-3-7-20)29-15-13-22(14-16-29)26-28-24(19-33-26)27(32)30-17-12-21-8-4-5-9-23(21)18-30/h1-9,19,22H,12-18H2. The molecule has 0 bridgehead atoms. The van der Waals surface area contributed by atoms with E-state index in [4.69, 9.17) is 4.98 Å². The first kappa shape index (κ1) is 21.4. The van der Waals surface area contributed by atoms with E-state index in [1.807, 2.05) is 51.6 Å². The summed E-state index contributed by atoms with van der Waals surface area (Å²) in [4.78, 5) is 33.9. The van der Waals surface area contributed by atoms with Gasteiger partial charge in [-0.1, -0.05) is 48.4 Å². The van der Waals surface area contributed by atoms with E-state index in [0.717, 1.165) is 36.4 Å². The second-order valence-corrected chi connectivity index (χ2v) is 9.39. The highest BCUT2D eigenvalue weighted by Gasteiger charge is 2.28. The maximum Gasteiger partial charge on any atom is 0.298 e. The van der Waals surface area contributed by atoms with E-state index in [0.29, 0.717) is 25.3 Å². The van der Waals surface area contributed by atoms with Crippen LogP contribution in [0.1, 0.15) is 50.9 Å². The smallest absolute Gasteiger partial charge is 0.298 e. The van der Waals surface area contributed by atoms with Gasteiger partial charge >= 0.3 is 0 Å². The summed E-state index contributed by atoms with van der Waals surface area (Å²) < 4.78 is 0. The molecule has 0 aliphatic carbocycles. The third-order valence-electron chi connectivity index (χ3n) is 6.38. The number of hydrogen-bond acceptors (Lipinski definition) is 4. The molecule has 1 fully saturated rings. The average Bonchev–Trinajstić information content (AvgIpc) is 3.37. The topological polar surface area (TPSA) is 53.5 Å². The van der Waals surface area contributed by atoms with Crippen LogP contribution in [0.3, 0.4) is 0 Å². The van der Waals surface area contributed by atoms with E-state index in [1.54, 1.807) is 11.3 Å². The number of likely N-dealkylation sites (tertiary alicyclic amines) is 1. The van der Waals surface area contributed by atoms with E-state index in [1.165, 1.54) is 11.1 Å². The van der Waals surface area contributed by atoms with Crippen LogP contribution in [0.25, 0.3) is 0 Å². The third kappa shape index (κ3) is 4.84. The molecular formula is C27H25N3O2S. The first-order valence-corrected chi connectivity index (χ1v) is 12.2. The van der Waals surface area contributed by atoms with Crippen molar-refractivity contribution in [3.63, 3.8) is 0 Å². The van der Waals surface area contributed by atoms with Gasteiger partial charge < -0.3 is 9.80 Å². The van der Waals surface area contributed by atoms with Gasteiger partial charge in [-0.3, -0.25) is 9.59 Å². The van der Waals surface area contributed by atoms with Gasteiger partial charge in [-0.25, -0.2) is 4.98 Å². The van der Waals surface area contributed by atoms with Crippen LogP contribution in [0, 0.1) is 11.8 Å². The first-order valence-electron chi connectivity index (χ1n) is 11.3. The zero-order valence-electron chi connectivity index (χ0n) is 18.4. The fourth-order valence-corrected chi connectivity index (χ4v) is 5.43. The van der Waals surface area contributed by atoms with E-state index in [9.17, 15) is 9.59 Å². The van der Waals surface area contributed by atoms with Crippen molar-refractivity contribution >= 4 is 23.2 Å². The molecule has 1 aromatic heterocycles. The number of thiazole rings is 1. The normalized spacial score (nSPS) is 16.0. The lowest BCUT2D eigenvalue weighted by Crippen LogP contribution is -2.37. The molecule has 5 rings (SSSR count). The zero-order chi connectivity index (χ0) is 22.6. The summed E-state index contributed by atoms with van der Waals surface area (Å²) in [5, 5.41) is 2.89. The van der Waals surface area contributed by atoms with Crippen LogP contribution in [0.5, 0.6) is 0 Å². The van der Waals surface area contributed by atoms with Gasteiger partial charge in [0.1, 0.15) is 5.69 Å². The van der Waals surface area contributed by atoms with Crippen LogP contribution in [0.4, 0.5) is 0 Å². The van der Waals surface area contributed by atoms with Crippen molar-refractivity contribution in [2.24, 2.45) is 0 Å². The van der Waals surface area contributed by atoms with Gasteiger partial charge in [0.25, 0.3) is 11.8 Å². The Morgan fingerprint density at radius 1 is 0.909 bits per heavy atom. The molecule has 3 heterocycles. The van der Waals surface area contributed by atoms with E-state index >= 15 is 0 Å². The Balaban J connectivity index is 1.17. The number of hydrogen-bond donors (Lipinski definition) is 0. The van der Waals surface area contributed by atoms with Crippen LogP contribution in [-0.2, 0) is 17.8 Å². The van der Waals surface area contributed by atoms with Crippen LogP contribution in [0.15, 0.2) is 60.0 Å². The monoisotopic (exact) mass is 455 g/mol. The minimum absolute atomic E-state index is 0.0100. The predicted molar refractivity (Wildman–Crippen MR) is 129 cm³/mol. The SMILES string of the molecule is O=C(C#Cc1ccccc1)N1CCC(c2nc(C(=O)N3CCc4ccccc4C3)cs2)CC1. The fourth-order valence-electron chi connectivity index (χ4n) is 4.46. The third-order valence-corrected chi connectivity index (χ3v) is 7.39. The van der Waals surface area contributed by atoms with Gasteiger partial charge in [-0.15, -0.1) is 11.3 Å². The van der Waals surface area contributed by atoms with Gasteiger partial charge in [-0.2, -0.15) is 0 Å². The molecule has 0 saturated carbocycles. The molecule has 3 aromatic rings. The number of carbonyl (C=O) groups is 2. The van der Waals surface area contributed by atoms with Crippen LogP contribution >= 0.6 is 11.3 Å². The number of fused-ring (bicyclic) bond motifs is 1. The Hall–Kier alpha value is -3.43. The lowest BCUT2D eigenvalue weighted by Gasteiger charge is -2.29. The van der Waals surface area contributed by atoms with Crippen molar-refractivity contribution < 1.29 is 9.59 Å². The van der Waals surface area contributed by atoms with Crippen molar-refractivity contribution in [2.45, 2.75) is 31.7 Å². The molecule has 33 heavy (non-hydrogen) atoms. The Kier molecular flexibility index (Phi) is 6.23. The lowest BCUT2D eigenvalue weighted by atomic mass is 9.97. The molecule has 0 atom stereocenters. The Morgan fingerprint density at radius 3 is 2.42 bits per heavy atom. The first-order chi connectivity index (χ1) is 16.2. The second-order valence-electron chi connectivity index (χ2n) is 8.50. The molecule has 2 amide bonds. The van der Waals surface area contributed by atoms with Crippen molar-refractivity contribution in [3.05, 3.63) is 87.4 Å². The van der Waals surface area contributed by atoms with Crippen LogP contribution < -0.4 is 0 Å². The van der Waals surface area contributed by atoms with E-state index in [2.05, 4.69) is 30.0 Å². The van der Waals surface area contributed by atoms with Crippen molar-refractivity contribution in [3.8, 4) is 11.8 Å². The Bertz CT molecular complexity index is 1220. The number of rotatable bonds is 2. The summed E-state index contributed by atoms with van der Waals surface area (Å²) in [5.74, 6) is 5.87. The number of piperidine rings is 1. The lowest BCUT2D eigenvalue weighted by molar-refractivity contribution is -0.126. The molecule has 5 nitrogen and oxygen atoms in total. The highest BCUT2D eigenvalue weighted by Crippen LogP contribution is 2.31. The molecule has 6 heteroatoms. The molecule has 0 N–H and O–H groups in total. The minimum atomic E-state index is -0.127. The molecule has 166 valence electrons. The summed E-state index contributed by atoms with van der Waals surface area (Å²) in [6.45, 7) is 2.71. The molecule has 1 saturated heterocycles. The highest BCUT2D eigenvalue weighted by atomic mass is 32.1. The maximum atomic E-state index is 13.0. The van der Waals surface area contributed by atoms with Crippen LogP contribution in [-0.4, -0.2) is 46.2 Å². The second kappa shape index (κ2) is 9.60. The maximum absolute atomic E-state index is 13.0. The summed E-state index contributed by atoms with van der Waals surface area (Å²) in [7, 11) is 0. The largest absolute Gasteiger partial charge is 0.333 e. The molecule has 2 aliphatic heterocycles. The summed E-state index contributed by atoms with van der Waals surface area (Å²) in [6, 6.07) is 17.9. The zero-order valence-corrected chi connectivity index (χ0v) is 19.2. The van der Waals surface area contributed by atoms with Gasteiger partial charge in [0.15, 0.2) is 0 Å². The number of nitrogens with zero attached hydrogens (tertiary/aromatic N) is 3. The highest BCUT2D eigenvalue weighted by molar-refractivity contribution is 7.09. The van der Waals surface area contributed by atoms with Gasteiger partial charge in [0, 0.05) is 49.0 Å². The summed E-state index contributed by atoms with van der Waals surface area (Å²) in [5.41, 5.74) is 3.94. The van der Waals surface area contributed by atoms with E-state index < -0.39 is 0 Å². The molecular weight excluding hydrogens is 430 g/mol. The summed E-state index contributed by atoms with van der Waals surface area (Å²) >= 11 is 1.56. The van der Waals surface area contributed by atoms with Crippen LogP contribution in [0.2, 0.25) is 0 Å². The quantitative estimate of drug-likeness (QED) is 0.547. The fraction of sp³-hybridized carbons (Fsp3) is 0.296. The van der Waals surface area contributed by atoms with E-state index in [-0.39, 0.29) is 17.7 Å². The van der Waals surface area contributed by atoms with Gasteiger partial charge in [0.2, 0.25) is 0 Å². The van der Waals surface area contributed by atoms with Crippen molar-refractivity contribution in [1.82, 2.24) is 14.8 Å². The number of benzene rings is 2. The molecule has 0 radical (unpaired) electrons. The number of aromatic nitrogens is 1. The minimum Gasteiger partial charge on any atom is -0.333 e. The summed E-state index contributed by atoms with van der Waals surface area (Å²) in [6.07, 6.45) is 2.58.